The summed E-state index contributed by atoms with van der Waals surface area (Å²) in [4.78, 5) is 28.1. The standard InChI is InChI=1S/C16H21BrN2O2/c1-4-11(2)18(3)16(21)12-8-15(20)19(10-12)14-7-5-6-13(17)9-14/h5-7,9,11-12H,4,8,10H2,1-3H3. The number of hydrogen-bond acceptors (Lipinski definition) is 2. The van der Waals surface area contributed by atoms with Gasteiger partial charge in [0.15, 0.2) is 0 Å². The molecule has 1 fully saturated rings. The molecule has 21 heavy (non-hydrogen) atoms. The number of amides is 2. The fraction of sp³-hybridized carbons (Fsp3) is 0.500. The van der Waals surface area contributed by atoms with Gasteiger partial charge in [-0.1, -0.05) is 28.9 Å². The maximum Gasteiger partial charge on any atom is 0.227 e. The highest BCUT2D eigenvalue weighted by Crippen LogP contribution is 2.28. The molecule has 1 saturated heterocycles. The van der Waals surface area contributed by atoms with Crippen molar-refractivity contribution in [2.45, 2.75) is 32.7 Å². The van der Waals surface area contributed by atoms with Crippen molar-refractivity contribution in [2.75, 3.05) is 18.5 Å². The molecule has 1 heterocycles. The van der Waals surface area contributed by atoms with Crippen molar-refractivity contribution in [3.05, 3.63) is 28.7 Å². The zero-order valence-corrected chi connectivity index (χ0v) is 14.3. The van der Waals surface area contributed by atoms with Crippen molar-refractivity contribution in [3.8, 4) is 0 Å². The molecule has 2 amide bonds. The number of rotatable bonds is 4. The summed E-state index contributed by atoms with van der Waals surface area (Å²) in [6.07, 6.45) is 1.21. The minimum atomic E-state index is -0.240. The summed E-state index contributed by atoms with van der Waals surface area (Å²) in [6.45, 7) is 4.55. The van der Waals surface area contributed by atoms with Crippen LogP contribution in [0.5, 0.6) is 0 Å². The Kier molecular flexibility index (Phi) is 5.04. The number of carbonyl (C=O) groups excluding carboxylic acids is 2. The van der Waals surface area contributed by atoms with Crippen LogP contribution in [0.15, 0.2) is 28.7 Å². The van der Waals surface area contributed by atoms with Crippen molar-refractivity contribution in [1.29, 1.82) is 0 Å². The average molecular weight is 353 g/mol. The summed E-state index contributed by atoms with van der Waals surface area (Å²) in [5, 5.41) is 0. The minimum Gasteiger partial charge on any atom is -0.343 e. The van der Waals surface area contributed by atoms with Gasteiger partial charge >= 0.3 is 0 Å². The Hall–Kier alpha value is -1.36. The summed E-state index contributed by atoms with van der Waals surface area (Å²) < 4.78 is 0.930. The highest BCUT2D eigenvalue weighted by atomic mass is 79.9. The lowest BCUT2D eigenvalue weighted by Crippen LogP contribution is -2.39. The van der Waals surface area contributed by atoms with E-state index in [2.05, 4.69) is 22.9 Å². The molecule has 1 aromatic rings. The van der Waals surface area contributed by atoms with Gasteiger partial charge in [-0.15, -0.1) is 0 Å². The highest BCUT2D eigenvalue weighted by molar-refractivity contribution is 9.10. The van der Waals surface area contributed by atoms with Crippen LogP contribution in [0.2, 0.25) is 0 Å². The van der Waals surface area contributed by atoms with E-state index in [1.165, 1.54) is 0 Å². The first-order valence-corrected chi connectivity index (χ1v) is 8.06. The lowest BCUT2D eigenvalue weighted by atomic mass is 10.1. The second kappa shape index (κ2) is 6.60. The molecule has 1 aliphatic heterocycles. The first kappa shape index (κ1) is 16.0. The molecule has 5 heteroatoms. The van der Waals surface area contributed by atoms with E-state index >= 15 is 0 Å². The highest BCUT2D eigenvalue weighted by Gasteiger charge is 2.37. The molecule has 0 radical (unpaired) electrons. The summed E-state index contributed by atoms with van der Waals surface area (Å²) in [6, 6.07) is 7.82. The van der Waals surface area contributed by atoms with Crippen LogP contribution in [0.3, 0.4) is 0 Å². The molecule has 114 valence electrons. The maximum atomic E-state index is 12.5. The van der Waals surface area contributed by atoms with Crippen molar-refractivity contribution in [3.63, 3.8) is 0 Å². The molecule has 1 aromatic carbocycles. The van der Waals surface area contributed by atoms with E-state index in [1.807, 2.05) is 38.2 Å². The molecule has 0 aromatic heterocycles. The maximum absolute atomic E-state index is 12.5. The van der Waals surface area contributed by atoms with Crippen molar-refractivity contribution < 1.29 is 9.59 Å². The molecule has 0 saturated carbocycles. The molecular weight excluding hydrogens is 332 g/mol. The number of anilines is 1. The van der Waals surface area contributed by atoms with Crippen LogP contribution in [-0.4, -0.2) is 36.3 Å². The van der Waals surface area contributed by atoms with Gasteiger partial charge in [-0.25, -0.2) is 0 Å². The molecule has 0 N–H and O–H groups in total. The van der Waals surface area contributed by atoms with Crippen LogP contribution < -0.4 is 4.90 Å². The Balaban J connectivity index is 2.11. The van der Waals surface area contributed by atoms with E-state index in [9.17, 15) is 9.59 Å². The lowest BCUT2D eigenvalue weighted by molar-refractivity contribution is -0.136. The number of benzene rings is 1. The van der Waals surface area contributed by atoms with Crippen molar-refractivity contribution in [2.24, 2.45) is 5.92 Å². The zero-order valence-electron chi connectivity index (χ0n) is 12.7. The van der Waals surface area contributed by atoms with Crippen LogP contribution in [0.4, 0.5) is 5.69 Å². The lowest BCUT2D eigenvalue weighted by Gasteiger charge is -2.26. The second-order valence-electron chi connectivity index (χ2n) is 5.59. The van der Waals surface area contributed by atoms with Gasteiger partial charge in [-0.05, 0) is 31.5 Å². The third kappa shape index (κ3) is 3.46. The van der Waals surface area contributed by atoms with Gasteiger partial charge in [0.25, 0.3) is 0 Å². The topological polar surface area (TPSA) is 40.6 Å². The Morgan fingerprint density at radius 3 is 2.86 bits per heavy atom. The molecular formula is C16H21BrN2O2. The Morgan fingerprint density at radius 2 is 2.24 bits per heavy atom. The summed E-state index contributed by atoms with van der Waals surface area (Å²) in [7, 11) is 1.82. The van der Waals surface area contributed by atoms with Gasteiger partial charge in [0.2, 0.25) is 11.8 Å². The normalized spacial score (nSPS) is 19.7. The molecule has 2 unspecified atom stereocenters. The third-order valence-corrected chi connectivity index (χ3v) is 4.69. The van der Waals surface area contributed by atoms with Crippen LogP contribution in [-0.2, 0) is 9.59 Å². The van der Waals surface area contributed by atoms with Gasteiger partial charge in [0.05, 0.1) is 5.92 Å². The molecule has 2 rings (SSSR count). The van der Waals surface area contributed by atoms with Gasteiger partial charge in [0.1, 0.15) is 0 Å². The van der Waals surface area contributed by atoms with Crippen LogP contribution in [0.1, 0.15) is 26.7 Å². The number of carbonyl (C=O) groups is 2. The van der Waals surface area contributed by atoms with E-state index in [0.29, 0.717) is 13.0 Å². The predicted octanol–water partition coefficient (Wildman–Crippen LogP) is 3.06. The van der Waals surface area contributed by atoms with Crippen LogP contribution in [0, 0.1) is 5.92 Å². The molecule has 4 nitrogen and oxygen atoms in total. The van der Waals surface area contributed by atoms with E-state index in [-0.39, 0.29) is 23.8 Å². The van der Waals surface area contributed by atoms with E-state index in [0.717, 1.165) is 16.6 Å². The van der Waals surface area contributed by atoms with Crippen LogP contribution >= 0.6 is 15.9 Å². The Bertz CT molecular complexity index is 547. The quantitative estimate of drug-likeness (QED) is 0.835. The van der Waals surface area contributed by atoms with E-state index in [4.69, 9.17) is 0 Å². The van der Waals surface area contributed by atoms with E-state index in [1.54, 1.807) is 9.80 Å². The predicted molar refractivity (Wildman–Crippen MR) is 87.1 cm³/mol. The van der Waals surface area contributed by atoms with Crippen molar-refractivity contribution >= 4 is 33.4 Å². The Morgan fingerprint density at radius 1 is 1.52 bits per heavy atom. The third-order valence-electron chi connectivity index (χ3n) is 4.19. The van der Waals surface area contributed by atoms with Gasteiger partial charge in [-0.2, -0.15) is 0 Å². The van der Waals surface area contributed by atoms with Crippen LogP contribution in [0.25, 0.3) is 0 Å². The largest absolute Gasteiger partial charge is 0.343 e. The average Bonchev–Trinajstić information content (AvgIpc) is 2.86. The van der Waals surface area contributed by atoms with Gasteiger partial charge in [-0.3, -0.25) is 9.59 Å². The molecule has 1 aliphatic rings. The summed E-state index contributed by atoms with van der Waals surface area (Å²) >= 11 is 3.41. The molecule has 0 aliphatic carbocycles. The first-order chi connectivity index (χ1) is 9.93. The molecule has 0 bridgehead atoms. The molecule has 2 atom stereocenters. The minimum absolute atomic E-state index is 0.0176. The number of halogens is 1. The molecule has 0 spiro atoms. The smallest absolute Gasteiger partial charge is 0.227 e. The number of hydrogen-bond donors (Lipinski definition) is 0. The monoisotopic (exact) mass is 352 g/mol. The van der Waals surface area contributed by atoms with Crippen molar-refractivity contribution in [1.82, 2.24) is 4.90 Å². The Labute approximate surface area is 134 Å². The first-order valence-electron chi connectivity index (χ1n) is 7.26. The summed E-state index contributed by atoms with van der Waals surface area (Å²) in [5.74, 6) is -0.158. The number of nitrogens with zero attached hydrogens (tertiary/aromatic N) is 2. The second-order valence-corrected chi connectivity index (χ2v) is 6.51. The van der Waals surface area contributed by atoms with Gasteiger partial charge in [0, 0.05) is 36.2 Å². The fourth-order valence-electron chi connectivity index (χ4n) is 2.55. The SMILES string of the molecule is CCC(C)N(C)C(=O)C1CC(=O)N(c2cccc(Br)c2)C1. The fourth-order valence-corrected chi connectivity index (χ4v) is 2.93. The van der Waals surface area contributed by atoms with E-state index < -0.39 is 0 Å². The van der Waals surface area contributed by atoms with Gasteiger partial charge < -0.3 is 9.80 Å². The zero-order chi connectivity index (χ0) is 15.6. The summed E-state index contributed by atoms with van der Waals surface area (Å²) in [5.41, 5.74) is 0.843.